The second-order valence-corrected chi connectivity index (χ2v) is 16.0. The molecule has 0 unspecified atom stereocenters. The Morgan fingerprint density at radius 2 is 0.898 bits per heavy atom. The Balaban J connectivity index is 1.17. The Bertz CT molecular complexity index is 3470. The molecule has 13 rings (SSSR count). The summed E-state index contributed by atoms with van der Waals surface area (Å²) in [6.45, 7) is 0. The average Bonchev–Trinajstić information content (AvgIpc) is 3.91. The van der Waals surface area contributed by atoms with Crippen LogP contribution in [0.15, 0.2) is 218 Å². The molecule has 2 aliphatic carbocycles. The maximum atomic E-state index is 2.56. The van der Waals surface area contributed by atoms with Gasteiger partial charge in [0.25, 0.3) is 0 Å². The third-order valence-corrected chi connectivity index (χ3v) is 13.2. The van der Waals surface area contributed by atoms with Crippen LogP contribution in [-0.4, -0.2) is 4.57 Å². The monoisotopic (exact) mass is 748 g/mol. The van der Waals surface area contributed by atoms with Gasteiger partial charge in [0.05, 0.1) is 27.8 Å². The number of hydrogen-bond donors (Lipinski definition) is 0. The minimum atomic E-state index is -0.448. The lowest BCUT2D eigenvalue weighted by atomic mass is 9.70. The lowest BCUT2D eigenvalue weighted by Crippen LogP contribution is -2.26. The number of rotatable bonds is 4. The molecule has 1 heterocycles. The molecule has 0 N–H and O–H groups in total. The number of nitrogens with zero attached hydrogens (tertiary/aromatic N) is 2. The van der Waals surface area contributed by atoms with E-state index in [0.29, 0.717) is 0 Å². The highest BCUT2D eigenvalue weighted by Crippen LogP contribution is 2.65. The first-order valence-corrected chi connectivity index (χ1v) is 20.5. The van der Waals surface area contributed by atoms with Crippen molar-refractivity contribution in [2.24, 2.45) is 0 Å². The van der Waals surface area contributed by atoms with Crippen LogP contribution in [0.25, 0.3) is 71.3 Å². The van der Waals surface area contributed by atoms with Crippen LogP contribution < -0.4 is 4.90 Å². The molecule has 0 atom stereocenters. The van der Waals surface area contributed by atoms with Crippen molar-refractivity contribution in [1.82, 2.24) is 4.57 Å². The molecule has 1 aromatic heterocycles. The number of hydrogen-bond acceptors (Lipinski definition) is 1. The molecule has 0 fully saturated rings. The fourth-order valence-corrected chi connectivity index (χ4v) is 10.9. The van der Waals surface area contributed by atoms with Gasteiger partial charge in [0.15, 0.2) is 0 Å². The first-order valence-electron chi connectivity index (χ1n) is 20.5. The normalized spacial score (nSPS) is 13.2. The summed E-state index contributed by atoms with van der Waals surface area (Å²) in [7, 11) is 0. The van der Waals surface area contributed by atoms with Gasteiger partial charge in [-0.05, 0) is 97.6 Å². The van der Waals surface area contributed by atoms with Gasteiger partial charge in [-0.2, -0.15) is 0 Å². The topological polar surface area (TPSA) is 8.17 Å². The van der Waals surface area contributed by atoms with E-state index in [0.717, 1.165) is 22.7 Å². The number of benzene rings is 10. The van der Waals surface area contributed by atoms with Crippen LogP contribution in [0.3, 0.4) is 0 Å². The quantitative estimate of drug-likeness (QED) is 0.163. The van der Waals surface area contributed by atoms with Crippen LogP contribution >= 0.6 is 0 Å². The molecular weight excluding hydrogens is 713 g/mol. The van der Waals surface area contributed by atoms with E-state index in [1.165, 1.54) is 87.9 Å². The van der Waals surface area contributed by atoms with Gasteiger partial charge in [-0.3, -0.25) is 0 Å². The fraction of sp³-hybridized carbons (Fsp3) is 0.0175. The standard InChI is InChI=1S/C57H36N2/c1-2-18-38(19-3-1)58-52-31-15-11-25-45(52)46-34-33-39(36-55(46)58)59(54-35-37-17-4-5-20-40(37)41-21-6-7-24-44(41)54)53-32-16-30-51-56(53)47-26-10-14-29-50(47)57(51)48-27-12-8-22-42(48)43-23-9-13-28-49(43)57/h1-36H. The zero-order valence-electron chi connectivity index (χ0n) is 32.2. The van der Waals surface area contributed by atoms with Crippen molar-refractivity contribution in [2.75, 3.05) is 4.90 Å². The Morgan fingerprint density at radius 3 is 1.66 bits per heavy atom. The fourth-order valence-electron chi connectivity index (χ4n) is 10.9. The minimum Gasteiger partial charge on any atom is -0.309 e. The first kappa shape index (κ1) is 32.4. The van der Waals surface area contributed by atoms with Crippen LogP contribution in [0, 0.1) is 0 Å². The third kappa shape index (κ3) is 4.30. The SMILES string of the molecule is c1ccc(-n2c3ccccc3c3ccc(N(c4cccc5c4-c4ccccc4C54c5ccccc5-c5ccccc54)c4cc5ccccc5c5ccccc45)cc32)cc1. The Labute approximate surface area is 342 Å². The molecule has 0 saturated heterocycles. The molecular formula is C57H36N2. The minimum absolute atomic E-state index is 0.448. The molecule has 0 saturated carbocycles. The van der Waals surface area contributed by atoms with E-state index in [1.807, 2.05) is 0 Å². The number of fused-ring (bicyclic) bond motifs is 16. The van der Waals surface area contributed by atoms with Crippen LogP contribution in [0.5, 0.6) is 0 Å². The summed E-state index contributed by atoms with van der Waals surface area (Å²) in [5.74, 6) is 0. The zero-order valence-corrected chi connectivity index (χ0v) is 32.2. The average molecular weight is 749 g/mol. The summed E-state index contributed by atoms with van der Waals surface area (Å²) in [6, 6.07) is 81.2. The van der Waals surface area contributed by atoms with Crippen molar-refractivity contribution in [3.63, 3.8) is 0 Å². The largest absolute Gasteiger partial charge is 0.309 e. The smallest absolute Gasteiger partial charge is 0.0726 e. The van der Waals surface area contributed by atoms with Crippen molar-refractivity contribution in [3.05, 3.63) is 241 Å². The van der Waals surface area contributed by atoms with Crippen LogP contribution in [0.4, 0.5) is 17.1 Å². The lowest BCUT2D eigenvalue weighted by molar-refractivity contribution is 0.794. The highest BCUT2D eigenvalue weighted by atomic mass is 15.2. The van der Waals surface area contributed by atoms with Crippen molar-refractivity contribution in [1.29, 1.82) is 0 Å². The van der Waals surface area contributed by atoms with Gasteiger partial charge in [0, 0.05) is 33.1 Å². The maximum Gasteiger partial charge on any atom is 0.0726 e. The highest BCUT2D eigenvalue weighted by molar-refractivity contribution is 6.16. The Kier molecular flexibility index (Phi) is 6.68. The van der Waals surface area contributed by atoms with E-state index >= 15 is 0 Å². The van der Waals surface area contributed by atoms with Gasteiger partial charge in [-0.25, -0.2) is 0 Å². The van der Waals surface area contributed by atoms with E-state index in [2.05, 4.69) is 228 Å². The first-order chi connectivity index (χ1) is 29.3. The summed E-state index contributed by atoms with van der Waals surface area (Å²) >= 11 is 0. The van der Waals surface area contributed by atoms with E-state index in [-0.39, 0.29) is 0 Å². The van der Waals surface area contributed by atoms with E-state index in [9.17, 15) is 0 Å². The second kappa shape index (κ2) is 12.2. The van der Waals surface area contributed by atoms with Crippen molar-refractivity contribution in [3.8, 4) is 27.9 Å². The highest BCUT2D eigenvalue weighted by Gasteiger charge is 2.52. The number of anilines is 3. The summed E-state index contributed by atoms with van der Waals surface area (Å²) in [6.07, 6.45) is 0. The molecule has 0 bridgehead atoms. The number of para-hydroxylation sites is 2. The van der Waals surface area contributed by atoms with Gasteiger partial charge in [-0.15, -0.1) is 0 Å². The van der Waals surface area contributed by atoms with Crippen molar-refractivity contribution in [2.45, 2.75) is 5.41 Å². The molecule has 2 aliphatic rings. The predicted octanol–water partition coefficient (Wildman–Crippen LogP) is 14.9. The lowest BCUT2D eigenvalue weighted by Gasteiger charge is -2.32. The van der Waals surface area contributed by atoms with Crippen molar-refractivity contribution < 1.29 is 0 Å². The Hall–Kier alpha value is -7.68. The third-order valence-electron chi connectivity index (χ3n) is 13.2. The summed E-state index contributed by atoms with van der Waals surface area (Å²) in [5.41, 5.74) is 17.0. The van der Waals surface area contributed by atoms with Crippen molar-refractivity contribution >= 4 is 60.4 Å². The molecule has 59 heavy (non-hydrogen) atoms. The van der Waals surface area contributed by atoms with Crippen LogP contribution in [0.1, 0.15) is 22.3 Å². The molecule has 0 amide bonds. The molecule has 0 radical (unpaired) electrons. The van der Waals surface area contributed by atoms with Gasteiger partial charge in [0.1, 0.15) is 0 Å². The second-order valence-electron chi connectivity index (χ2n) is 16.0. The summed E-state index contributed by atoms with van der Waals surface area (Å²) in [5, 5.41) is 7.41. The summed E-state index contributed by atoms with van der Waals surface area (Å²) in [4.78, 5) is 2.56. The van der Waals surface area contributed by atoms with Crippen LogP contribution in [0.2, 0.25) is 0 Å². The number of aromatic nitrogens is 1. The molecule has 10 aromatic carbocycles. The molecule has 274 valence electrons. The molecule has 11 aromatic rings. The molecule has 1 spiro atoms. The van der Waals surface area contributed by atoms with E-state index in [1.54, 1.807) is 0 Å². The van der Waals surface area contributed by atoms with E-state index in [4.69, 9.17) is 0 Å². The van der Waals surface area contributed by atoms with Crippen LogP contribution in [-0.2, 0) is 5.41 Å². The molecule has 2 heteroatoms. The van der Waals surface area contributed by atoms with Gasteiger partial charge >= 0.3 is 0 Å². The van der Waals surface area contributed by atoms with Gasteiger partial charge < -0.3 is 9.47 Å². The summed E-state index contributed by atoms with van der Waals surface area (Å²) < 4.78 is 2.43. The molecule has 0 aliphatic heterocycles. The zero-order chi connectivity index (χ0) is 38.7. The van der Waals surface area contributed by atoms with E-state index < -0.39 is 5.41 Å². The van der Waals surface area contributed by atoms with Gasteiger partial charge in [-0.1, -0.05) is 176 Å². The maximum absolute atomic E-state index is 2.56. The predicted molar refractivity (Wildman–Crippen MR) is 247 cm³/mol. The van der Waals surface area contributed by atoms with Gasteiger partial charge in [0.2, 0.25) is 0 Å². The molecule has 2 nitrogen and oxygen atoms in total. The Morgan fingerprint density at radius 1 is 0.339 bits per heavy atom.